The van der Waals surface area contributed by atoms with E-state index in [1.54, 1.807) is 6.26 Å². The number of carbonyl (C=O) groups is 1. The SMILES string of the molecule is C=C1CC1(NC(=O)N1CCC(CCCOc2ccc3c(c2)CCN(S(C)=O)C3)CC1)C(C)C. The number of likely N-dealkylation sites (tertiary alicyclic amines) is 1. The Bertz CT molecular complexity index is 910. The van der Waals surface area contributed by atoms with Crippen LogP contribution in [0.4, 0.5) is 4.79 Å². The average molecular weight is 474 g/mol. The van der Waals surface area contributed by atoms with Crippen LogP contribution in [-0.2, 0) is 24.0 Å². The van der Waals surface area contributed by atoms with Crippen LogP contribution >= 0.6 is 0 Å². The third-order valence-corrected chi connectivity index (χ3v) is 8.80. The molecular weight excluding hydrogens is 434 g/mol. The topological polar surface area (TPSA) is 61.9 Å². The Morgan fingerprint density at radius 1 is 1.27 bits per heavy atom. The molecule has 1 saturated carbocycles. The molecule has 2 atom stereocenters. The monoisotopic (exact) mass is 473 g/mol. The molecule has 1 saturated heterocycles. The molecular formula is C26H39N3O3S. The lowest BCUT2D eigenvalue weighted by atomic mass is 9.92. The van der Waals surface area contributed by atoms with E-state index in [4.69, 9.17) is 4.74 Å². The molecule has 0 bridgehead atoms. The van der Waals surface area contributed by atoms with E-state index in [9.17, 15) is 9.00 Å². The average Bonchev–Trinajstić information content (AvgIpc) is 3.46. The highest BCUT2D eigenvalue weighted by atomic mass is 32.2. The summed E-state index contributed by atoms with van der Waals surface area (Å²) in [6.07, 6.45) is 7.89. The Labute approximate surface area is 201 Å². The molecule has 33 heavy (non-hydrogen) atoms. The molecule has 6 nitrogen and oxygen atoms in total. The first-order chi connectivity index (χ1) is 15.8. The van der Waals surface area contributed by atoms with E-state index in [2.05, 4.69) is 37.9 Å². The van der Waals surface area contributed by atoms with Crippen molar-refractivity contribution in [1.82, 2.24) is 14.5 Å². The van der Waals surface area contributed by atoms with Gasteiger partial charge < -0.3 is 15.0 Å². The van der Waals surface area contributed by atoms with E-state index in [1.807, 2.05) is 15.3 Å². The van der Waals surface area contributed by atoms with Crippen molar-refractivity contribution in [2.24, 2.45) is 11.8 Å². The van der Waals surface area contributed by atoms with Crippen molar-refractivity contribution in [2.45, 2.75) is 64.5 Å². The number of piperidine rings is 1. The normalized spacial score (nSPS) is 24.5. The van der Waals surface area contributed by atoms with E-state index < -0.39 is 11.0 Å². The zero-order chi connectivity index (χ0) is 23.6. The standard InChI is InChI=1S/C26H39N3O3S/c1-19(2)26(17-20(26)3)27-25(30)28-12-9-21(10-13-28)6-5-15-32-24-8-7-23-18-29(33(4)31)14-11-22(23)16-24/h7-8,16,19,21H,3,5-6,9-15,17-18H2,1-2,4H3,(H,27,30). The van der Waals surface area contributed by atoms with Crippen molar-refractivity contribution in [2.75, 3.05) is 32.5 Å². The first-order valence-electron chi connectivity index (χ1n) is 12.4. The van der Waals surface area contributed by atoms with Gasteiger partial charge in [-0.15, -0.1) is 0 Å². The summed E-state index contributed by atoms with van der Waals surface area (Å²) in [4.78, 5) is 14.7. The molecule has 1 aromatic rings. The van der Waals surface area contributed by atoms with E-state index in [1.165, 1.54) is 11.1 Å². The third kappa shape index (κ3) is 5.62. The first-order valence-corrected chi connectivity index (χ1v) is 13.9. The lowest BCUT2D eigenvalue weighted by molar-refractivity contribution is 0.158. The van der Waals surface area contributed by atoms with Crippen molar-refractivity contribution >= 4 is 17.0 Å². The second-order valence-corrected chi connectivity index (χ2v) is 11.6. The number of fused-ring (bicyclic) bond motifs is 1. The van der Waals surface area contributed by atoms with Gasteiger partial charge in [-0.05, 0) is 79.2 Å². The van der Waals surface area contributed by atoms with Gasteiger partial charge in [-0.2, -0.15) is 0 Å². The van der Waals surface area contributed by atoms with E-state index >= 15 is 0 Å². The maximum atomic E-state index is 12.7. The van der Waals surface area contributed by atoms with Crippen LogP contribution in [0.3, 0.4) is 0 Å². The van der Waals surface area contributed by atoms with Gasteiger partial charge in [0.05, 0.1) is 23.1 Å². The molecule has 2 amide bonds. The molecule has 0 spiro atoms. The second kappa shape index (κ2) is 10.2. The summed E-state index contributed by atoms with van der Waals surface area (Å²) in [5.41, 5.74) is 3.55. The van der Waals surface area contributed by atoms with Crippen molar-refractivity contribution in [3.05, 3.63) is 41.5 Å². The predicted molar refractivity (Wildman–Crippen MR) is 134 cm³/mol. The summed E-state index contributed by atoms with van der Waals surface area (Å²) >= 11 is 0. The maximum Gasteiger partial charge on any atom is 0.318 e. The summed E-state index contributed by atoms with van der Waals surface area (Å²) < 4.78 is 19.7. The number of benzene rings is 1. The van der Waals surface area contributed by atoms with Crippen LogP contribution in [0.5, 0.6) is 5.75 Å². The number of amides is 2. The second-order valence-electron chi connectivity index (χ2n) is 10.2. The highest BCUT2D eigenvalue weighted by Crippen LogP contribution is 2.47. The molecule has 0 radical (unpaired) electrons. The number of ether oxygens (including phenoxy) is 1. The third-order valence-electron chi connectivity index (χ3n) is 7.76. The van der Waals surface area contributed by atoms with Crippen molar-refractivity contribution < 1.29 is 13.7 Å². The molecule has 1 aromatic carbocycles. The van der Waals surface area contributed by atoms with Gasteiger partial charge in [-0.1, -0.05) is 26.5 Å². The minimum absolute atomic E-state index is 0.0739. The van der Waals surface area contributed by atoms with Crippen molar-refractivity contribution in [3.8, 4) is 5.75 Å². The molecule has 2 unspecified atom stereocenters. The number of nitrogens with one attached hydrogen (secondary N) is 1. The van der Waals surface area contributed by atoms with Crippen LogP contribution < -0.4 is 10.1 Å². The Hall–Kier alpha value is -1.86. The Morgan fingerprint density at radius 2 is 2.00 bits per heavy atom. The molecule has 1 aliphatic carbocycles. The Morgan fingerprint density at radius 3 is 2.64 bits per heavy atom. The van der Waals surface area contributed by atoms with E-state index in [-0.39, 0.29) is 11.6 Å². The van der Waals surface area contributed by atoms with E-state index in [0.717, 1.165) is 82.6 Å². The first kappa shape index (κ1) is 24.3. The highest BCUT2D eigenvalue weighted by molar-refractivity contribution is 7.81. The molecule has 0 aromatic heterocycles. The summed E-state index contributed by atoms with van der Waals surface area (Å²) in [7, 11) is -0.910. The van der Waals surface area contributed by atoms with Gasteiger partial charge in [0.1, 0.15) is 5.75 Å². The Kier molecular flexibility index (Phi) is 7.49. The van der Waals surface area contributed by atoms with Gasteiger partial charge in [-0.3, -0.25) is 0 Å². The molecule has 1 N–H and O–H groups in total. The van der Waals surface area contributed by atoms with Crippen LogP contribution in [0.2, 0.25) is 0 Å². The van der Waals surface area contributed by atoms with Crippen molar-refractivity contribution in [3.63, 3.8) is 0 Å². The fraction of sp³-hybridized carbons (Fsp3) is 0.654. The van der Waals surface area contributed by atoms with Crippen LogP contribution in [0, 0.1) is 11.8 Å². The summed E-state index contributed by atoms with van der Waals surface area (Å²) in [5.74, 6) is 1.99. The van der Waals surface area contributed by atoms with Gasteiger partial charge >= 0.3 is 6.03 Å². The number of carbonyl (C=O) groups excluding carboxylic acids is 1. The number of nitrogens with zero attached hydrogens (tertiary/aromatic N) is 2. The summed E-state index contributed by atoms with van der Waals surface area (Å²) in [5, 5.41) is 3.25. The summed E-state index contributed by atoms with van der Waals surface area (Å²) in [6.45, 7) is 12.4. The van der Waals surface area contributed by atoms with Crippen LogP contribution in [-0.4, -0.2) is 57.5 Å². The molecule has 182 valence electrons. The van der Waals surface area contributed by atoms with Gasteiger partial charge in [0.15, 0.2) is 0 Å². The Balaban J connectivity index is 1.15. The van der Waals surface area contributed by atoms with Crippen molar-refractivity contribution in [1.29, 1.82) is 0 Å². The van der Waals surface area contributed by atoms with Gasteiger partial charge in [0.2, 0.25) is 0 Å². The lowest BCUT2D eigenvalue weighted by Crippen LogP contribution is -2.50. The number of hydrogen-bond donors (Lipinski definition) is 1. The summed E-state index contributed by atoms with van der Waals surface area (Å²) in [6, 6.07) is 6.38. The zero-order valence-electron chi connectivity index (χ0n) is 20.4. The molecule has 3 aliphatic rings. The minimum atomic E-state index is -0.910. The predicted octanol–water partition coefficient (Wildman–Crippen LogP) is 4.27. The highest BCUT2D eigenvalue weighted by Gasteiger charge is 2.51. The van der Waals surface area contributed by atoms with Gasteiger partial charge in [-0.25, -0.2) is 13.3 Å². The minimum Gasteiger partial charge on any atom is -0.494 e. The maximum absolute atomic E-state index is 12.7. The quantitative estimate of drug-likeness (QED) is 0.453. The zero-order valence-corrected chi connectivity index (χ0v) is 21.2. The number of rotatable bonds is 8. The largest absolute Gasteiger partial charge is 0.494 e. The van der Waals surface area contributed by atoms with Crippen LogP contribution in [0.15, 0.2) is 30.4 Å². The fourth-order valence-corrected chi connectivity index (χ4v) is 5.92. The van der Waals surface area contributed by atoms with Gasteiger partial charge in [0.25, 0.3) is 0 Å². The lowest BCUT2D eigenvalue weighted by Gasteiger charge is -2.34. The number of urea groups is 1. The number of hydrogen-bond acceptors (Lipinski definition) is 3. The van der Waals surface area contributed by atoms with Crippen LogP contribution in [0.1, 0.15) is 57.1 Å². The van der Waals surface area contributed by atoms with Gasteiger partial charge in [0, 0.05) is 32.4 Å². The fourth-order valence-electron chi connectivity index (χ4n) is 5.25. The smallest absolute Gasteiger partial charge is 0.318 e. The molecule has 7 heteroatoms. The molecule has 2 fully saturated rings. The molecule has 4 rings (SSSR count). The molecule has 2 aliphatic heterocycles. The van der Waals surface area contributed by atoms with Crippen LogP contribution in [0.25, 0.3) is 0 Å². The van der Waals surface area contributed by atoms with E-state index in [0.29, 0.717) is 11.8 Å². The molecule has 2 heterocycles.